The van der Waals surface area contributed by atoms with Crippen molar-refractivity contribution in [2.24, 2.45) is 0 Å². The summed E-state index contributed by atoms with van der Waals surface area (Å²) in [6.07, 6.45) is 22.3. The van der Waals surface area contributed by atoms with Crippen molar-refractivity contribution in [1.82, 2.24) is 0 Å². The van der Waals surface area contributed by atoms with Crippen LogP contribution in [-0.2, 0) is 4.74 Å². The first-order valence-electron chi connectivity index (χ1n) is 8.83. The maximum atomic E-state index is 6.90. The second-order valence-electron chi connectivity index (χ2n) is 6.69. The number of rotatable bonds is 8. The van der Waals surface area contributed by atoms with Gasteiger partial charge in [-0.15, -0.1) is 0 Å². The summed E-state index contributed by atoms with van der Waals surface area (Å²) >= 11 is 7.17. The zero-order valence-electron chi connectivity index (χ0n) is 14.3. The molecule has 2 aliphatic rings. The Balaban J connectivity index is 2.20. The predicted molar refractivity (Wildman–Crippen MR) is 107 cm³/mol. The Kier molecular flexibility index (Phi) is 7.37. The minimum Gasteiger partial charge on any atom is -0.360 e. The average molecular weight is 444 g/mol. The lowest BCUT2D eigenvalue weighted by atomic mass is 9.84. The first kappa shape index (κ1) is 19.2. The van der Waals surface area contributed by atoms with E-state index >= 15 is 0 Å². The fraction of sp³-hybridized carbons (Fsp3) is 0.600. The molecule has 23 heavy (non-hydrogen) atoms. The van der Waals surface area contributed by atoms with Crippen LogP contribution < -0.4 is 0 Å². The van der Waals surface area contributed by atoms with E-state index < -0.39 is 0 Å². The van der Waals surface area contributed by atoms with E-state index in [2.05, 4.69) is 82.2 Å². The van der Waals surface area contributed by atoms with Crippen LogP contribution in [0.3, 0.4) is 0 Å². The largest absolute Gasteiger partial charge is 0.360 e. The molecule has 2 atom stereocenters. The van der Waals surface area contributed by atoms with E-state index in [-0.39, 0.29) is 11.2 Å². The molecule has 1 nitrogen and oxygen atoms in total. The molecule has 0 aromatic carbocycles. The Hall–Kier alpha value is -0.120. The van der Waals surface area contributed by atoms with Crippen LogP contribution in [0, 0.1) is 0 Å². The highest BCUT2D eigenvalue weighted by atomic mass is 79.9. The van der Waals surface area contributed by atoms with Crippen LogP contribution in [0.4, 0.5) is 0 Å². The van der Waals surface area contributed by atoms with Gasteiger partial charge in [0.2, 0.25) is 0 Å². The number of hydrogen-bond donors (Lipinski definition) is 0. The molecular formula is C20H28Br2O. The Morgan fingerprint density at radius 3 is 1.61 bits per heavy atom. The van der Waals surface area contributed by atoms with Crippen molar-refractivity contribution in [2.75, 3.05) is 0 Å². The van der Waals surface area contributed by atoms with Gasteiger partial charge in [0.05, 0.1) is 11.2 Å². The molecule has 0 bridgehead atoms. The fourth-order valence-corrected chi connectivity index (χ4v) is 3.84. The molecule has 0 aromatic heterocycles. The van der Waals surface area contributed by atoms with E-state index in [1.54, 1.807) is 0 Å². The van der Waals surface area contributed by atoms with Crippen molar-refractivity contribution < 1.29 is 4.74 Å². The number of allylic oxidation sites excluding steroid dienone is 4. The Morgan fingerprint density at radius 2 is 1.30 bits per heavy atom. The maximum absolute atomic E-state index is 6.90. The second-order valence-corrected chi connectivity index (χ2v) is 8.52. The quantitative estimate of drug-likeness (QED) is 0.381. The lowest BCUT2D eigenvalue weighted by Crippen LogP contribution is -2.43. The number of halogens is 2. The molecule has 0 aliphatic heterocycles. The van der Waals surface area contributed by atoms with Gasteiger partial charge in [0.25, 0.3) is 0 Å². The van der Waals surface area contributed by atoms with Gasteiger partial charge in [-0.3, -0.25) is 0 Å². The Morgan fingerprint density at radius 1 is 0.870 bits per heavy atom. The third kappa shape index (κ3) is 5.44. The van der Waals surface area contributed by atoms with E-state index in [1.165, 1.54) is 25.7 Å². The highest BCUT2D eigenvalue weighted by molar-refractivity contribution is 9.12. The lowest BCUT2D eigenvalue weighted by Gasteiger charge is -2.43. The minimum atomic E-state index is -0.164. The predicted octanol–water partition coefficient (Wildman–Crippen LogP) is 7.34. The first-order chi connectivity index (χ1) is 11.0. The number of unbranched alkanes of at least 4 members (excludes halogenated alkanes) is 2. The topological polar surface area (TPSA) is 9.23 Å². The minimum absolute atomic E-state index is 0.164. The number of hydrogen-bond acceptors (Lipinski definition) is 1. The van der Waals surface area contributed by atoms with Gasteiger partial charge in [0.15, 0.2) is 0 Å². The molecule has 0 fully saturated rings. The first-order valence-corrected chi connectivity index (χ1v) is 10.4. The summed E-state index contributed by atoms with van der Waals surface area (Å²) in [5.74, 6) is 0. The van der Waals surface area contributed by atoms with Crippen LogP contribution in [-0.4, -0.2) is 11.2 Å². The molecule has 0 N–H and O–H groups in total. The van der Waals surface area contributed by atoms with E-state index in [4.69, 9.17) is 4.74 Å². The third-order valence-electron chi connectivity index (χ3n) is 4.69. The van der Waals surface area contributed by atoms with Crippen LogP contribution in [0.2, 0.25) is 0 Å². The van der Waals surface area contributed by atoms with Gasteiger partial charge in [0.1, 0.15) is 0 Å². The molecule has 0 radical (unpaired) electrons. The molecule has 0 saturated carbocycles. The molecule has 128 valence electrons. The second kappa shape index (κ2) is 8.82. The smallest absolute Gasteiger partial charge is 0.0912 e. The highest BCUT2D eigenvalue weighted by Gasteiger charge is 2.39. The van der Waals surface area contributed by atoms with Gasteiger partial charge in [-0.1, -0.05) is 95.7 Å². The SMILES string of the molecule is CCCCC1(OC2(CCCC)C=CC(Br)=CC2)C=CC(Br)=CC1. The summed E-state index contributed by atoms with van der Waals surface area (Å²) in [7, 11) is 0. The average Bonchev–Trinajstić information content (AvgIpc) is 2.57. The molecule has 2 unspecified atom stereocenters. The van der Waals surface area contributed by atoms with Crippen LogP contribution in [0.25, 0.3) is 0 Å². The molecule has 2 aliphatic carbocycles. The third-order valence-corrected chi connectivity index (χ3v) is 5.87. The summed E-state index contributed by atoms with van der Waals surface area (Å²) in [5, 5.41) is 0. The van der Waals surface area contributed by atoms with Crippen molar-refractivity contribution in [1.29, 1.82) is 0 Å². The summed E-state index contributed by atoms with van der Waals surface area (Å²) in [6, 6.07) is 0. The molecular weight excluding hydrogens is 416 g/mol. The molecule has 0 heterocycles. The summed E-state index contributed by atoms with van der Waals surface area (Å²) in [6.45, 7) is 4.50. The lowest BCUT2D eigenvalue weighted by molar-refractivity contribution is -0.115. The van der Waals surface area contributed by atoms with E-state index in [0.717, 1.165) is 34.6 Å². The van der Waals surface area contributed by atoms with Crippen molar-refractivity contribution in [3.63, 3.8) is 0 Å². The zero-order valence-corrected chi connectivity index (χ0v) is 17.5. The normalized spacial score (nSPS) is 30.3. The maximum Gasteiger partial charge on any atom is 0.0912 e. The van der Waals surface area contributed by atoms with E-state index in [0.29, 0.717) is 0 Å². The molecule has 0 spiro atoms. The van der Waals surface area contributed by atoms with Crippen molar-refractivity contribution in [3.05, 3.63) is 45.4 Å². The highest BCUT2D eigenvalue weighted by Crippen LogP contribution is 2.41. The van der Waals surface area contributed by atoms with E-state index in [1.807, 2.05) is 0 Å². The fourth-order valence-electron chi connectivity index (χ4n) is 3.26. The standard InChI is InChI=1S/C20H28Br2O/c1-3-5-11-19(13-7-17(21)8-14-19)23-20(12-6-4-2)15-9-18(22)10-16-20/h7-10,13,15H,3-6,11-12,14,16H2,1-2H3. The van der Waals surface area contributed by atoms with Gasteiger partial charge in [-0.05, 0) is 37.8 Å². The molecule has 2 rings (SSSR count). The molecule has 0 saturated heterocycles. The molecule has 0 aromatic rings. The van der Waals surface area contributed by atoms with Crippen molar-refractivity contribution >= 4 is 31.9 Å². The summed E-state index contributed by atoms with van der Waals surface area (Å²) < 4.78 is 9.23. The van der Waals surface area contributed by atoms with Gasteiger partial charge >= 0.3 is 0 Å². The van der Waals surface area contributed by atoms with Crippen molar-refractivity contribution in [3.8, 4) is 0 Å². The van der Waals surface area contributed by atoms with Gasteiger partial charge in [-0.25, -0.2) is 0 Å². The molecule has 0 amide bonds. The van der Waals surface area contributed by atoms with Gasteiger partial charge < -0.3 is 4.74 Å². The van der Waals surface area contributed by atoms with E-state index in [9.17, 15) is 0 Å². The van der Waals surface area contributed by atoms with Crippen LogP contribution in [0.15, 0.2) is 45.4 Å². The van der Waals surface area contributed by atoms with Gasteiger partial charge in [0, 0.05) is 8.96 Å². The number of ether oxygens (including phenoxy) is 1. The van der Waals surface area contributed by atoms with Crippen LogP contribution >= 0.6 is 31.9 Å². The molecule has 3 heteroatoms. The Labute approximate surface area is 158 Å². The summed E-state index contributed by atoms with van der Waals surface area (Å²) in [5.41, 5.74) is -0.327. The van der Waals surface area contributed by atoms with Gasteiger partial charge in [-0.2, -0.15) is 0 Å². The van der Waals surface area contributed by atoms with Crippen LogP contribution in [0.5, 0.6) is 0 Å². The van der Waals surface area contributed by atoms with Crippen LogP contribution in [0.1, 0.15) is 65.2 Å². The summed E-state index contributed by atoms with van der Waals surface area (Å²) in [4.78, 5) is 0. The van der Waals surface area contributed by atoms with Crippen molar-refractivity contribution in [2.45, 2.75) is 76.4 Å². The monoisotopic (exact) mass is 442 g/mol. The Bertz CT molecular complexity index is 472. The zero-order chi connectivity index (χ0) is 16.8.